The van der Waals surface area contributed by atoms with Crippen LogP contribution in [0.1, 0.15) is 37.8 Å². The highest BCUT2D eigenvalue weighted by atomic mass is 16.2. The van der Waals surface area contributed by atoms with Gasteiger partial charge in [0.05, 0.1) is 0 Å². The lowest BCUT2D eigenvalue weighted by Crippen LogP contribution is -2.35. The third-order valence-corrected chi connectivity index (χ3v) is 3.48. The van der Waals surface area contributed by atoms with E-state index in [1.807, 2.05) is 36.9 Å². The molecule has 0 saturated carbocycles. The largest absolute Gasteiger partial charge is 0.338 e. The Kier molecular flexibility index (Phi) is 4.20. The number of hydrogen-bond donors (Lipinski definition) is 1. The number of hydrogen-bond acceptors (Lipinski definition) is 2. The fourth-order valence-corrected chi connectivity index (χ4v) is 2.32. The monoisotopic (exact) mass is 260 g/mol. The molecule has 1 aliphatic heterocycles. The van der Waals surface area contributed by atoms with Crippen molar-refractivity contribution in [2.24, 2.45) is 0 Å². The van der Waals surface area contributed by atoms with E-state index in [1.165, 1.54) is 5.56 Å². The van der Waals surface area contributed by atoms with Crippen molar-refractivity contribution in [1.82, 2.24) is 4.90 Å². The minimum atomic E-state index is 0.0113. The summed E-state index contributed by atoms with van der Waals surface area (Å²) in [4.78, 5) is 25.0. The molecule has 1 aliphatic rings. The zero-order valence-electron chi connectivity index (χ0n) is 11.5. The first-order valence-corrected chi connectivity index (χ1v) is 6.83. The molecule has 1 aromatic rings. The van der Waals surface area contributed by atoms with Crippen LogP contribution in [0, 0.1) is 0 Å². The normalized spacial score (nSPS) is 13.9. The Labute approximate surface area is 113 Å². The van der Waals surface area contributed by atoms with Crippen LogP contribution in [0.3, 0.4) is 0 Å². The molecule has 0 spiro atoms. The van der Waals surface area contributed by atoms with Crippen molar-refractivity contribution in [2.45, 2.75) is 39.7 Å². The lowest BCUT2D eigenvalue weighted by Gasteiger charge is -2.29. The first-order valence-electron chi connectivity index (χ1n) is 6.83. The molecule has 4 nitrogen and oxygen atoms in total. The van der Waals surface area contributed by atoms with Crippen molar-refractivity contribution in [3.05, 3.63) is 29.3 Å². The highest BCUT2D eigenvalue weighted by Crippen LogP contribution is 2.23. The van der Waals surface area contributed by atoms with Gasteiger partial charge in [0.25, 0.3) is 0 Å². The summed E-state index contributed by atoms with van der Waals surface area (Å²) in [6.07, 6.45) is 1.90. The van der Waals surface area contributed by atoms with Gasteiger partial charge in [-0.3, -0.25) is 9.59 Å². The van der Waals surface area contributed by atoms with Crippen LogP contribution in [-0.4, -0.2) is 23.3 Å². The van der Waals surface area contributed by atoms with Crippen molar-refractivity contribution in [3.63, 3.8) is 0 Å². The van der Waals surface area contributed by atoms with Crippen molar-refractivity contribution in [2.75, 3.05) is 11.9 Å². The molecule has 0 bridgehead atoms. The minimum absolute atomic E-state index is 0.0113. The number of benzene rings is 1. The maximum Gasteiger partial charge on any atom is 0.224 e. The van der Waals surface area contributed by atoms with Gasteiger partial charge in [0.1, 0.15) is 0 Å². The topological polar surface area (TPSA) is 49.4 Å². The van der Waals surface area contributed by atoms with Crippen molar-refractivity contribution in [3.8, 4) is 0 Å². The number of carbonyl (C=O) groups excluding carboxylic acids is 2. The van der Waals surface area contributed by atoms with E-state index in [-0.39, 0.29) is 11.8 Å². The standard InChI is InChI=1S/C15H20N2O2/c1-3-14(18)16-13-6-5-11-7-8-17(15(19)4-2)10-12(11)9-13/h5-6,9H,3-4,7-8,10H2,1-2H3,(H,16,18). The van der Waals surface area contributed by atoms with Gasteiger partial charge in [-0.2, -0.15) is 0 Å². The van der Waals surface area contributed by atoms with E-state index < -0.39 is 0 Å². The fraction of sp³-hybridized carbons (Fsp3) is 0.467. The highest BCUT2D eigenvalue weighted by molar-refractivity contribution is 5.90. The van der Waals surface area contributed by atoms with E-state index in [9.17, 15) is 9.59 Å². The van der Waals surface area contributed by atoms with Gasteiger partial charge < -0.3 is 10.2 Å². The van der Waals surface area contributed by atoms with Crippen LogP contribution in [0.15, 0.2) is 18.2 Å². The van der Waals surface area contributed by atoms with Crippen molar-refractivity contribution >= 4 is 17.5 Å². The Morgan fingerprint density at radius 2 is 2.00 bits per heavy atom. The molecule has 1 N–H and O–H groups in total. The van der Waals surface area contributed by atoms with E-state index in [4.69, 9.17) is 0 Å². The molecule has 2 amide bonds. The Bertz CT molecular complexity index is 497. The van der Waals surface area contributed by atoms with Gasteiger partial charge in [-0.25, -0.2) is 0 Å². The predicted molar refractivity (Wildman–Crippen MR) is 74.8 cm³/mol. The molecule has 0 atom stereocenters. The molecular formula is C15H20N2O2. The average molecular weight is 260 g/mol. The molecule has 0 unspecified atom stereocenters. The zero-order valence-corrected chi connectivity index (χ0v) is 11.5. The van der Waals surface area contributed by atoms with Crippen LogP contribution in [0.5, 0.6) is 0 Å². The Morgan fingerprint density at radius 3 is 2.68 bits per heavy atom. The van der Waals surface area contributed by atoms with Crippen LogP contribution in [0.4, 0.5) is 5.69 Å². The summed E-state index contributed by atoms with van der Waals surface area (Å²) in [5.41, 5.74) is 3.23. The number of nitrogens with one attached hydrogen (secondary N) is 1. The zero-order chi connectivity index (χ0) is 13.8. The van der Waals surface area contributed by atoms with E-state index in [0.29, 0.717) is 19.4 Å². The van der Waals surface area contributed by atoms with Gasteiger partial charge in [0.15, 0.2) is 0 Å². The molecule has 0 aliphatic carbocycles. The van der Waals surface area contributed by atoms with Gasteiger partial charge in [-0.1, -0.05) is 19.9 Å². The maximum atomic E-state index is 11.7. The fourth-order valence-electron chi connectivity index (χ4n) is 2.32. The number of nitrogens with zero attached hydrogens (tertiary/aromatic N) is 1. The molecule has 0 fully saturated rings. The molecule has 2 rings (SSSR count). The average Bonchev–Trinajstić information content (AvgIpc) is 2.45. The molecule has 0 radical (unpaired) electrons. The lowest BCUT2D eigenvalue weighted by molar-refractivity contribution is -0.131. The summed E-state index contributed by atoms with van der Waals surface area (Å²) in [5.74, 6) is 0.200. The van der Waals surface area contributed by atoms with E-state index in [0.717, 1.165) is 24.2 Å². The second-order valence-electron chi connectivity index (χ2n) is 4.80. The van der Waals surface area contributed by atoms with Gasteiger partial charge >= 0.3 is 0 Å². The molecular weight excluding hydrogens is 240 g/mol. The first kappa shape index (κ1) is 13.6. The summed E-state index contributed by atoms with van der Waals surface area (Å²) < 4.78 is 0. The Hall–Kier alpha value is -1.84. The molecule has 0 aromatic heterocycles. The summed E-state index contributed by atoms with van der Waals surface area (Å²) in [6, 6.07) is 5.97. The third-order valence-electron chi connectivity index (χ3n) is 3.48. The lowest BCUT2D eigenvalue weighted by atomic mass is 9.99. The summed E-state index contributed by atoms with van der Waals surface area (Å²) >= 11 is 0. The number of anilines is 1. The van der Waals surface area contributed by atoms with Crippen LogP contribution >= 0.6 is 0 Å². The SMILES string of the molecule is CCC(=O)Nc1ccc2c(c1)CN(C(=O)CC)CC2. The van der Waals surface area contributed by atoms with Crippen molar-refractivity contribution < 1.29 is 9.59 Å². The van der Waals surface area contributed by atoms with Gasteiger partial charge in [-0.15, -0.1) is 0 Å². The number of amides is 2. The quantitative estimate of drug-likeness (QED) is 0.906. The van der Waals surface area contributed by atoms with Crippen LogP contribution in [0.25, 0.3) is 0 Å². The Morgan fingerprint density at radius 1 is 1.21 bits per heavy atom. The van der Waals surface area contributed by atoms with E-state index in [1.54, 1.807) is 0 Å². The van der Waals surface area contributed by atoms with Crippen molar-refractivity contribution in [1.29, 1.82) is 0 Å². The molecule has 1 aromatic carbocycles. The van der Waals surface area contributed by atoms with E-state index >= 15 is 0 Å². The molecule has 4 heteroatoms. The van der Waals surface area contributed by atoms with Crippen LogP contribution in [0.2, 0.25) is 0 Å². The summed E-state index contributed by atoms with van der Waals surface area (Å²) in [5, 5.41) is 2.86. The predicted octanol–water partition coefficient (Wildman–Crippen LogP) is 2.33. The molecule has 19 heavy (non-hydrogen) atoms. The van der Waals surface area contributed by atoms with Gasteiger partial charge in [0, 0.05) is 31.6 Å². The second-order valence-corrected chi connectivity index (χ2v) is 4.80. The summed E-state index contributed by atoms with van der Waals surface area (Å²) in [7, 11) is 0. The summed E-state index contributed by atoms with van der Waals surface area (Å²) in [6.45, 7) is 5.16. The maximum absolute atomic E-state index is 11.7. The highest BCUT2D eigenvalue weighted by Gasteiger charge is 2.19. The number of fused-ring (bicyclic) bond motifs is 1. The van der Waals surface area contributed by atoms with E-state index in [2.05, 4.69) is 5.32 Å². The van der Waals surface area contributed by atoms with Crippen LogP contribution in [-0.2, 0) is 22.6 Å². The molecule has 1 heterocycles. The Balaban J connectivity index is 2.15. The molecule has 102 valence electrons. The second kappa shape index (κ2) is 5.87. The first-order chi connectivity index (χ1) is 9.13. The minimum Gasteiger partial charge on any atom is -0.338 e. The molecule has 0 saturated heterocycles. The smallest absolute Gasteiger partial charge is 0.224 e. The number of carbonyl (C=O) groups is 2. The van der Waals surface area contributed by atoms with Gasteiger partial charge in [0.2, 0.25) is 11.8 Å². The van der Waals surface area contributed by atoms with Gasteiger partial charge in [-0.05, 0) is 29.7 Å². The van der Waals surface area contributed by atoms with Crippen LogP contribution < -0.4 is 5.32 Å². The number of rotatable bonds is 3. The third kappa shape index (κ3) is 3.13.